The van der Waals surface area contributed by atoms with Crippen molar-refractivity contribution in [2.75, 3.05) is 23.7 Å². The van der Waals surface area contributed by atoms with Crippen LogP contribution in [-0.4, -0.2) is 50.5 Å². The SMILES string of the molecule is CCCNC(=O)C(C)N(Cc1cccc(Br)c1)C(=O)CN(c1ccccc1F)S(C)(=O)=O. The summed E-state index contributed by atoms with van der Waals surface area (Å²) >= 11 is 3.38. The van der Waals surface area contributed by atoms with Crippen LogP contribution in [0, 0.1) is 5.82 Å². The highest BCUT2D eigenvalue weighted by molar-refractivity contribution is 9.10. The van der Waals surface area contributed by atoms with Crippen molar-refractivity contribution in [1.82, 2.24) is 10.2 Å². The molecule has 174 valence electrons. The van der Waals surface area contributed by atoms with Crippen molar-refractivity contribution in [3.05, 3.63) is 64.4 Å². The minimum Gasteiger partial charge on any atom is -0.354 e. The van der Waals surface area contributed by atoms with E-state index in [1.807, 2.05) is 19.1 Å². The Morgan fingerprint density at radius 2 is 1.84 bits per heavy atom. The van der Waals surface area contributed by atoms with E-state index in [9.17, 15) is 22.4 Å². The van der Waals surface area contributed by atoms with E-state index < -0.39 is 34.3 Å². The number of benzene rings is 2. The van der Waals surface area contributed by atoms with E-state index in [-0.39, 0.29) is 18.1 Å². The minimum atomic E-state index is -3.97. The summed E-state index contributed by atoms with van der Waals surface area (Å²) in [6.07, 6.45) is 1.63. The molecule has 0 saturated heterocycles. The van der Waals surface area contributed by atoms with E-state index in [1.165, 1.54) is 23.1 Å². The highest BCUT2D eigenvalue weighted by Gasteiger charge is 2.30. The molecule has 32 heavy (non-hydrogen) atoms. The molecule has 0 saturated carbocycles. The van der Waals surface area contributed by atoms with E-state index >= 15 is 0 Å². The van der Waals surface area contributed by atoms with Crippen LogP contribution in [0.2, 0.25) is 0 Å². The van der Waals surface area contributed by atoms with Crippen molar-refractivity contribution in [3.63, 3.8) is 0 Å². The maximum atomic E-state index is 14.3. The molecule has 1 N–H and O–H groups in total. The average molecular weight is 528 g/mol. The van der Waals surface area contributed by atoms with E-state index in [0.29, 0.717) is 6.54 Å². The zero-order chi connectivity index (χ0) is 23.9. The molecule has 0 fully saturated rings. The molecule has 1 unspecified atom stereocenters. The van der Waals surface area contributed by atoms with Gasteiger partial charge in [0.15, 0.2) is 0 Å². The Labute approximate surface area is 196 Å². The highest BCUT2D eigenvalue weighted by atomic mass is 79.9. The Balaban J connectivity index is 2.38. The van der Waals surface area contributed by atoms with Crippen molar-refractivity contribution in [1.29, 1.82) is 0 Å². The number of para-hydroxylation sites is 1. The number of nitrogens with one attached hydrogen (secondary N) is 1. The lowest BCUT2D eigenvalue weighted by molar-refractivity contribution is -0.139. The summed E-state index contributed by atoms with van der Waals surface area (Å²) in [6, 6.07) is 11.7. The number of halogens is 2. The van der Waals surface area contributed by atoms with Gasteiger partial charge >= 0.3 is 0 Å². The average Bonchev–Trinajstić information content (AvgIpc) is 2.73. The fourth-order valence-electron chi connectivity index (χ4n) is 3.06. The number of rotatable bonds is 10. The molecule has 2 aromatic rings. The van der Waals surface area contributed by atoms with Crippen molar-refractivity contribution in [3.8, 4) is 0 Å². The molecule has 0 radical (unpaired) electrons. The van der Waals surface area contributed by atoms with Crippen LogP contribution in [-0.2, 0) is 26.2 Å². The normalized spacial score (nSPS) is 12.2. The van der Waals surface area contributed by atoms with Gasteiger partial charge in [0.25, 0.3) is 0 Å². The van der Waals surface area contributed by atoms with E-state index in [0.717, 1.165) is 33.1 Å². The Hall–Kier alpha value is -2.46. The van der Waals surface area contributed by atoms with E-state index in [1.54, 1.807) is 19.1 Å². The lowest BCUT2D eigenvalue weighted by Crippen LogP contribution is -2.51. The van der Waals surface area contributed by atoms with Gasteiger partial charge in [0, 0.05) is 17.6 Å². The molecule has 2 amide bonds. The molecule has 10 heteroatoms. The van der Waals surface area contributed by atoms with Gasteiger partial charge in [-0.15, -0.1) is 0 Å². The van der Waals surface area contributed by atoms with Crippen LogP contribution in [0.1, 0.15) is 25.8 Å². The molecular weight excluding hydrogens is 501 g/mol. The first-order valence-corrected chi connectivity index (χ1v) is 12.7. The van der Waals surface area contributed by atoms with Gasteiger partial charge in [-0.05, 0) is 43.2 Å². The number of anilines is 1. The smallest absolute Gasteiger partial charge is 0.244 e. The topological polar surface area (TPSA) is 86.8 Å². The zero-order valence-corrected chi connectivity index (χ0v) is 20.6. The number of nitrogens with zero attached hydrogens (tertiary/aromatic N) is 2. The number of carbonyl (C=O) groups excluding carboxylic acids is 2. The molecule has 1 atom stereocenters. The van der Waals surface area contributed by atoms with Crippen molar-refractivity contribution < 1.29 is 22.4 Å². The van der Waals surface area contributed by atoms with Crippen LogP contribution in [0.5, 0.6) is 0 Å². The maximum Gasteiger partial charge on any atom is 0.244 e. The van der Waals surface area contributed by atoms with Gasteiger partial charge in [0.1, 0.15) is 18.4 Å². The molecule has 0 aliphatic rings. The van der Waals surface area contributed by atoms with Crippen LogP contribution >= 0.6 is 15.9 Å². The van der Waals surface area contributed by atoms with Crippen LogP contribution in [0.4, 0.5) is 10.1 Å². The van der Waals surface area contributed by atoms with Crippen LogP contribution in [0.15, 0.2) is 53.0 Å². The third-order valence-electron chi connectivity index (χ3n) is 4.76. The van der Waals surface area contributed by atoms with Gasteiger partial charge in [-0.25, -0.2) is 12.8 Å². The van der Waals surface area contributed by atoms with Gasteiger partial charge in [-0.1, -0.05) is 47.1 Å². The zero-order valence-electron chi connectivity index (χ0n) is 18.2. The third kappa shape index (κ3) is 7.03. The van der Waals surface area contributed by atoms with Crippen molar-refractivity contribution >= 4 is 43.5 Å². The lowest BCUT2D eigenvalue weighted by Gasteiger charge is -2.31. The van der Waals surface area contributed by atoms with Gasteiger partial charge < -0.3 is 10.2 Å². The second-order valence-electron chi connectivity index (χ2n) is 7.34. The predicted molar refractivity (Wildman–Crippen MR) is 126 cm³/mol. The van der Waals surface area contributed by atoms with Gasteiger partial charge in [0.2, 0.25) is 21.8 Å². The lowest BCUT2D eigenvalue weighted by atomic mass is 10.1. The molecule has 0 aromatic heterocycles. The molecule has 0 bridgehead atoms. The molecule has 2 aromatic carbocycles. The van der Waals surface area contributed by atoms with Crippen molar-refractivity contribution in [2.45, 2.75) is 32.9 Å². The Bertz CT molecular complexity index is 1060. The number of hydrogen-bond donors (Lipinski definition) is 1. The predicted octanol–water partition coefficient (Wildman–Crippen LogP) is 3.30. The number of carbonyl (C=O) groups is 2. The number of hydrogen-bond acceptors (Lipinski definition) is 4. The minimum absolute atomic E-state index is 0.0772. The molecule has 0 spiro atoms. The van der Waals surface area contributed by atoms with Crippen LogP contribution < -0.4 is 9.62 Å². The molecule has 0 heterocycles. The summed E-state index contributed by atoms with van der Waals surface area (Å²) < 4.78 is 40.6. The Kier molecular flexibility index (Phi) is 9.21. The number of sulfonamides is 1. The highest BCUT2D eigenvalue weighted by Crippen LogP contribution is 2.22. The largest absolute Gasteiger partial charge is 0.354 e. The third-order valence-corrected chi connectivity index (χ3v) is 6.38. The summed E-state index contributed by atoms with van der Waals surface area (Å²) in [5.41, 5.74) is 0.522. The summed E-state index contributed by atoms with van der Waals surface area (Å²) in [5, 5.41) is 2.76. The first-order valence-electron chi connectivity index (χ1n) is 10.1. The summed E-state index contributed by atoms with van der Waals surface area (Å²) in [7, 11) is -3.97. The van der Waals surface area contributed by atoms with Gasteiger partial charge in [-0.3, -0.25) is 13.9 Å². The first-order chi connectivity index (χ1) is 15.0. The first kappa shape index (κ1) is 25.8. The summed E-state index contributed by atoms with van der Waals surface area (Å²) in [5.74, 6) is -1.75. The second kappa shape index (κ2) is 11.4. The maximum absolute atomic E-state index is 14.3. The van der Waals surface area contributed by atoms with Crippen LogP contribution in [0.3, 0.4) is 0 Å². The number of amides is 2. The van der Waals surface area contributed by atoms with Gasteiger partial charge in [-0.2, -0.15) is 0 Å². The Morgan fingerprint density at radius 3 is 2.44 bits per heavy atom. The molecule has 2 rings (SSSR count). The van der Waals surface area contributed by atoms with E-state index in [2.05, 4.69) is 21.2 Å². The van der Waals surface area contributed by atoms with E-state index in [4.69, 9.17) is 0 Å². The summed E-state index contributed by atoms with van der Waals surface area (Å²) in [6.45, 7) is 3.38. The standard InChI is InChI=1S/C22H27BrFN3O4S/c1-4-12-25-22(29)16(2)26(14-17-8-7-9-18(23)13-17)21(28)15-27(32(3,30)31)20-11-6-5-10-19(20)24/h5-11,13,16H,4,12,14-15H2,1-3H3,(H,25,29). The molecular formula is C22H27BrFN3O4S. The molecule has 0 aliphatic carbocycles. The second-order valence-corrected chi connectivity index (χ2v) is 10.2. The quantitative estimate of drug-likeness (QED) is 0.513. The fourth-order valence-corrected chi connectivity index (χ4v) is 4.36. The monoisotopic (exact) mass is 527 g/mol. The molecule has 7 nitrogen and oxygen atoms in total. The van der Waals surface area contributed by atoms with Crippen molar-refractivity contribution in [2.24, 2.45) is 0 Å². The fraction of sp³-hybridized carbons (Fsp3) is 0.364. The Morgan fingerprint density at radius 1 is 1.16 bits per heavy atom. The summed E-state index contributed by atoms with van der Waals surface area (Å²) in [4.78, 5) is 27.2. The van der Waals surface area contributed by atoms with Crippen LogP contribution in [0.25, 0.3) is 0 Å². The van der Waals surface area contributed by atoms with Gasteiger partial charge in [0.05, 0.1) is 11.9 Å². The molecule has 0 aliphatic heterocycles.